The number of hydrogen-bond acceptors (Lipinski definition) is 2. The maximum Gasteiger partial charge on any atom is 0.416 e. The van der Waals surface area contributed by atoms with E-state index in [1.807, 2.05) is 12.2 Å². The Hall–Kier alpha value is -2.14. The molecule has 0 saturated carbocycles. The van der Waals surface area contributed by atoms with Crippen molar-refractivity contribution in [2.45, 2.75) is 24.6 Å². The molecule has 0 aromatic heterocycles. The molecule has 1 aliphatic heterocycles. The molecular weight excluding hydrogens is 363 g/mol. The van der Waals surface area contributed by atoms with Crippen molar-refractivity contribution in [3.8, 4) is 5.75 Å². The quantitative estimate of drug-likeness (QED) is 0.628. The summed E-state index contributed by atoms with van der Waals surface area (Å²) < 4.78 is 46.1. The number of anilines is 1. The van der Waals surface area contributed by atoms with E-state index in [0.29, 0.717) is 22.9 Å². The Morgan fingerprint density at radius 1 is 1.15 bits per heavy atom. The van der Waals surface area contributed by atoms with Crippen LogP contribution in [0.2, 0.25) is 5.02 Å². The molecule has 2 aromatic rings. The molecule has 0 radical (unpaired) electrons. The Bertz CT molecular complexity index is 878. The van der Waals surface area contributed by atoms with Crippen LogP contribution in [0.3, 0.4) is 0 Å². The topological polar surface area (TPSA) is 21.3 Å². The molecule has 26 heavy (non-hydrogen) atoms. The lowest BCUT2D eigenvalue weighted by atomic mass is 9.76. The zero-order valence-electron chi connectivity index (χ0n) is 14.0. The first-order valence-corrected chi connectivity index (χ1v) is 8.75. The predicted molar refractivity (Wildman–Crippen MR) is 95.8 cm³/mol. The van der Waals surface area contributed by atoms with Crippen molar-refractivity contribution >= 4 is 17.3 Å². The van der Waals surface area contributed by atoms with Crippen molar-refractivity contribution in [2.75, 3.05) is 12.4 Å². The van der Waals surface area contributed by atoms with Gasteiger partial charge in [0.25, 0.3) is 0 Å². The summed E-state index contributed by atoms with van der Waals surface area (Å²) in [6, 6.07) is 8.79. The third-order valence-electron chi connectivity index (χ3n) is 5.25. The fourth-order valence-electron chi connectivity index (χ4n) is 4.14. The number of ether oxygens (including phenoxy) is 1. The largest absolute Gasteiger partial charge is 0.495 e. The van der Waals surface area contributed by atoms with Crippen LogP contribution in [0, 0.1) is 5.92 Å². The van der Waals surface area contributed by atoms with Gasteiger partial charge >= 0.3 is 6.18 Å². The monoisotopic (exact) mass is 379 g/mol. The zero-order chi connectivity index (χ0) is 18.5. The lowest BCUT2D eigenvalue weighted by molar-refractivity contribution is -0.138. The van der Waals surface area contributed by atoms with Crippen LogP contribution in [0.5, 0.6) is 5.75 Å². The number of alkyl halides is 3. The van der Waals surface area contributed by atoms with Crippen LogP contribution in [0.15, 0.2) is 48.6 Å². The van der Waals surface area contributed by atoms with Gasteiger partial charge in [-0.25, -0.2) is 0 Å². The number of benzene rings is 2. The molecule has 0 unspecified atom stereocenters. The molecule has 0 saturated heterocycles. The Balaban J connectivity index is 1.88. The van der Waals surface area contributed by atoms with Crippen LogP contribution in [0.25, 0.3) is 0 Å². The van der Waals surface area contributed by atoms with E-state index in [4.69, 9.17) is 16.3 Å². The van der Waals surface area contributed by atoms with Crippen LogP contribution in [0.4, 0.5) is 18.9 Å². The van der Waals surface area contributed by atoms with Crippen LogP contribution in [0.1, 0.15) is 35.1 Å². The summed E-state index contributed by atoms with van der Waals surface area (Å²) in [5, 5.41) is 3.90. The minimum absolute atomic E-state index is 0.0318. The fraction of sp³-hybridized carbons (Fsp3) is 0.300. The molecule has 2 aromatic carbocycles. The molecular formula is C20H17ClF3NO. The van der Waals surface area contributed by atoms with Crippen LogP contribution in [-0.4, -0.2) is 7.11 Å². The van der Waals surface area contributed by atoms with Crippen molar-refractivity contribution < 1.29 is 17.9 Å². The van der Waals surface area contributed by atoms with Gasteiger partial charge in [0.15, 0.2) is 0 Å². The summed E-state index contributed by atoms with van der Waals surface area (Å²) >= 11 is 6.43. The van der Waals surface area contributed by atoms with Crippen LogP contribution >= 0.6 is 11.6 Å². The molecule has 0 spiro atoms. The Kier molecular flexibility index (Phi) is 4.14. The summed E-state index contributed by atoms with van der Waals surface area (Å²) in [7, 11) is 1.54. The maximum absolute atomic E-state index is 13.6. The highest BCUT2D eigenvalue weighted by Gasteiger charge is 2.43. The first kappa shape index (κ1) is 17.3. The molecule has 4 rings (SSSR count). The highest BCUT2D eigenvalue weighted by molar-refractivity contribution is 6.32. The third kappa shape index (κ3) is 2.65. The van der Waals surface area contributed by atoms with Gasteiger partial charge < -0.3 is 10.1 Å². The molecule has 6 heteroatoms. The van der Waals surface area contributed by atoms with Gasteiger partial charge in [0.2, 0.25) is 0 Å². The molecule has 0 fully saturated rings. The predicted octanol–water partition coefficient (Wildman–Crippen LogP) is 6.19. The molecule has 0 bridgehead atoms. The Morgan fingerprint density at radius 3 is 2.65 bits per heavy atom. The van der Waals surface area contributed by atoms with E-state index >= 15 is 0 Å². The first-order chi connectivity index (χ1) is 12.4. The summed E-state index contributed by atoms with van der Waals surface area (Å²) in [6.45, 7) is 0. The van der Waals surface area contributed by atoms with Crippen molar-refractivity contribution in [3.05, 3.63) is 70.3 Å². The van der Waals surface area contributed by atoms with E-state index in [2.05, 4.69) is 5.32 Å². The van der Waals surface area contributed by atoms with Crippen molar-refractivity contribution in [3.63, 3.8) is 0 Å². The maximum atomic E-state index is 13.6. The van der Waals surface area contributed by atoms with Crippen molar-refractivity contribution in [2.24, 2.45) is 5.92 Å². The van der Waals surface area contributed by atoms with Gasteiger partial charge in [0, 0.05) is 16.5 Å². The van der Waals surface area contributed by atoms with Gasteiger partial charge in [0.1, 0.15) is 5.75 Å². The second-order valence-corrected chi connectivity index (χ2v) is 7.01. The lowest BCUT2D eigenvalue weighted by Crippen LogP contribution is -2.31. The average molecular weight is 380 g/mol. The van der Waals surface area contributed by atoms with Crippen LogP contribution in [-0.2, 0) is 6.18 Å². The molecule has 1 N–H and O–H groups in total. The van der Waals surface area contributed by atoms with E-state index in [9.17, 15) is 13.2 Å². The number of halogens is 4. The standard InChI is InChI=1S/C20H17ClF3NO/c1-26-16-10-9-15(21)17-11-6-4-7-12(11)18(25-19(16)17)13-5-2-3-8-14(13)20(22,23)24/h2-6,8-12,18,25H,7H2,1H3/t11-,12+,18-/m0/s1. The van der Waals surface area contributed by atoms with Gasteiger partial charge in [-0.1, -0.05) is 42.0 Å². The number of allylic oxidation sites excluding steroid dienone is 2. The third-order valence-corrected chi connectivity index (χ3v) is 5.58. The highest BCUT2D eigenvalue weighted by Crippen LogP contribution is 2.55. The average Bonchev–Trinajstić information content (AvgIpc) is 3.10. The van der Waals surface area contributed by atoms with Crippen molar-refractivity contribution in [1.82, 2.24) is 0 Å². The summed E-state index contributed by atoms with van der Waals surface area (Å²) in [5.41, 5.74) is 1.22. The van der Waals surface area contributed by atoms with E-state index in [1.165, 1.54) is 6.07 Å². The molecule has 1 aliphatic carbocycles. The smallest absolute Gasteiger partial charge is 0.416 e. The van der Waals surface area contributed by atoms with E-state index in [1.54, 1.807) is 31.4 Å². The van der Waals surface area contributed by atoms with Gasteiger partial charge in [-0.15, -0.1) is 0 Å². The Morgan fingerprint density at radius 2 is 1.92 bits per heavy atom. The second kappa shape index (κ2) is 6.23. The first-order valence-electron chi connectivity index (χ1n) is 8.37. The van der Waals surface area contributed by atoms with Crippen molar-refractivity contribution in [1.29, 1.82) is 0 Å². The summed E-state index contributed by atoms with van der Waals surface area (Å²) in [6.07, 6.45) is 0.351. The summed E-state index contributed by atoms with van der Waals surface area (Å²) in [5.74, 6) is 0.508. The fourth-order valence-corrected chi connectivity index (χ4v) is 4.43. The molecule has 0 amide bonds. The second-order valence-electron chi connectivity index (χ2n) is 6.60. The van der Waals surface area contributed by atoms with E-state index < -0.39 is 17.8 Å². The van der Waals surface area contributed by atoms with E-state index in [-0.39, 0.29) is 17.4 Å². The minimum atomic E-state index is -4.40. The van der Waals surface area contributed by atoms with Gasteiger partial charge in [-0.05, 0) is 36.1 Å². The minimum Gasteiger partial charge on any atom is -0.495 e. The molecule has 1 heterocycles. The van der Waals surface area contributed by atoms with Gasteiger partial charge in [-0.3, -0.25) is 0 Å². The molecule has 2 nitrogen and oxygen atoms in total. The number of hydrogen-bond donors (Lipinski definition) is 1. The number of fused-ring (bicyclic) bond motifs is 3. The molecule has 2 aliphatic rings. The number of methoxy groups -OCH3 is 1. The lowest BCUT2D eigenvalue weighted by Gasteiger charge is -2.39. The van der Waals surface area contributed by atoms with Gasteiger partial charge in [0.05, 0.1) is 24.4 Å². The zero-order valence-corrected chi connectivity index (χ0v) is 14.7. The number of rotatable bonds is 2. The highest BCUT2D eigenvalue weighted by atomic mass is 35.5. The van der Waals surface area contributed by atoms with Gasteiger partial charge in [-0.2, -0.15) is 13.2 Å². The SMILES string of the molecule is COc1ccc(Cl)c2c1N[C@H](c1ccccc1C(F)(F)F)[C@@H]1CC=C[C@H]21. The number of nitrogens with one attached hydrogen (secondary N) is 1. The summed E-state index contributed by atoms with van der Waals surface area (Å²) in [4.78, 5) is 0. The van der Waals surface area contributed by atoms with E-state index in [0.717, 1.165) is 11.6 Å². The molecule has 136 valence electrons. The Labute approximate surface area is 154 Å². The normalized spacial score (nSPS) is 24.0. The van der Waals surface area contributed by atoms with Crippen LogP contribution < -0.4 is 10.1 Å². The molecule has 3 atom stereocenters.